The van der Waals surface area contributed by atoms with Gasteiger partial charge in [-0.25, -0.2) is 0 Å². The highest BCUT2D eigenvalue weighted by molar-refractivity contribution is 6.30. The molecule has 3 aromatic rings. The first-order chi connectivity index (χ1) is 15.2. The Bertz CT molecular complexity index is 1080. The van der Waals surface area contributed by atoms with Crippen LogP contribution in [0, 0.1) is 0 Å². The maximum Gasteiger partial charge on any atom is 0.239 e. The van der Waals surface area contributed by atoms with Gasteiger partial charge in [-0.3, -0.25) is 4.79 Å². The minimum absolute atomic E-state index is 0. The van der Waals surface area contributed by atoms with Gasteiger partial charge in [0.1, 0.15) is 5.69 Å². The summed E-state index contributed by atoms with van der Waals surface area (Å²) in [6, 6.07) is 15.9. The topological polar surface area (TPSA) is 61.4 Å². The van der Waals surface area contributed by atoms with Crippen LogP contribution in [0.15, 0.2) is 48.5 Å². The smallest absolute Gasteiger partial charge is 0.239 e. The summed E-state index contributed by atoms with van der Waals surface area (Å²) in [6.07, 6.45) is 3.24. The van der Waals surface area contributed by atoms with Crippen molar-refractivity contribution >= 4 is 46.5 Å². The predicted molar refractivity (Wildman–Crippen MR) is 132 cm³/mol. The van der Waals surface area contributed by atoms with Crippen LogP contribution in [0.1, 0.15) is 19.3 Å². The summed E-state index contributed by atoms with van der Waals surface area (Å²) >= 11 is 6.05. The molecule has 3 heterocycles. The van der Waals surface area contributed by atoms with Crippen LogP contribution in [-0.4, -0.2) is 59.8 Å². The summed E-state index contributed by atoms with van der Waals surface area (Å²) in [5.74, 6) is 1.13. The molecule has 1 aromatic heterocycles. The van der Waals surface area contributed by atoms with E-state index in [-0.39, 0.29) is 24.4 Å². The number of piperidine rings is 1. The second kappa shape index (κ2) is 10.0. The number of hydrogen-bond acceptors (Lipinski definition) is 5. The van der Waals surface area contributed by atoms with Gasteiger partial charge in [0.15, 0.2) is 5.82 Å². The van der Waals surface area contributed by atoms with E-state index in [0.717, 1.165) is 66.7 Å². The molecule has 0 radical (unpaired) electrons. The van der Waals surface area contributed by atoms with E-state index in [1.807, 2.05) is 41.3 Å². The quantitative estimate of drug-likeness (QED) is 0.621. The van der Waals surface area contributed by atoms with Gasteiger partial charge in [0.25, 0.3) is 0 Å². The molecule has 1 unspecified atom stereocenters. The monoisotopic (exact) mass is 471 g/mol. The fourth-order valence-electron chi connectivity index (χ4n) is 4.57. The van der Waals surface area contributed by atoms with Gasteiger partial charge in [0.2, 0.25) is 5.91 Å². The molecule has 1 atom stereocenters. The van der Waals surface area contributed by atoms with E-state index in [1.165, 1.54) is 0 Å². The van der Waals surface area contributed by atoms with E-state index in [2.05, 4.69) is 32.5 Å². The van der Waals surface area contributed by atoms with Crippen molar-refractivity contribution in [3.05, 3.63) is 53.6 Å². The lowest BCUT2D eigenvalue weighted by molar-refractivity contribution is -0.134. The summed E-state index contributed by atoms with van der Waals surface area (Å²) < 4.78 is 0. The number of amides is 1. The number of carbonyl (C=O) groups excluding carboxylic acids is 1. The van der Waals surface area contributed by atoms with Gasteiger partial charge < -0.3 is 15.1 Å². The molecule has 1 amide bonds. The first-order valence-electron chi connectivity index (χ1n) is 11.0. The zero-order valence-corrected chi connectivity index (χ0v) is 19.4. The van der Waals surface area contributed by atoms with E-state index in [4.69, 9.17) is 11.6 Å². The third-order valence-electron chi connectivity index (χ3n) is 6.28. The fraction of sp³-hybridized carbons (Fsp3) is 0.375. The molecule has 2 aromatic carbocycles. The van der Waals surface area contributed by atoms with Gasteiger partial charge in [-0.1, -0.05) is 54.4 Å². The molecule has 0 bridgehead atoms. The summed E-state index contributed by atoms with van der Waals surface area (Å²) in [4.78, 5) is 17.1. The second-order valence-corrected chi connectivity index (χ2v) is 8.68. The Hall–Kier alpha value is -2.41. The summed E-state index contributed by atoms with van der Waals surface area (Å²) in [6.45, 7) is 3.89. The van der Waals surface area contributed by atoms with Crippen molar-refractivity contribution in [1.82, 2.24) is 20.4 Å². The molecule has 1 N–H and O–H groups in total. The Balaban J connectivity index is 0.00000245. The standard InChI is InChI=1S/C24H26ClN5O.ClH/c25-18-10-8-17(9-11-18)22-19-5-1-2-6-20(19)23(28-27-22)29-13-15-30(16-14-29)24(31)21-7-3-4-12-26-21;/h1-2,5-6,8-11,21,26H,3-4,7,12-16H2;1H. The van der Waals surface area contributed by atoms with Crippen molar-refractivity contribution < 1.29 is 4.79 Å². The van der Waals surface area contributed by atoms with Crippen LogP contribution in [0.4, 0.5) is 5.82 Å². The lowest BCUT2D eigenvalue weighted by atomic mass is 10.0. The van der Waals surface area contributed by atoms with Gasteiger partial charge in [0.05, 0.1) is 6.04 Å². The van der Waals surface area contributed by atoms with Crippen LogP contribution < -0.4 is 10.2 Å². The molecule has 2 fully saturated rings. The zero-order valence-electron chi connectivity index (χ0n) is 17.8. The summed E-state index contributed by atoms with van der Waals surface area (Å²) in [5, 5.41) is 15.4. The van der Waals surface area contributed by atoms with Crippen molar-refractivity contribution in [2.24, 2.45) is 0 Å². The number of nitrogens with one attached hydrogen (secondary N) is 1. The second-order valence-electron chi connectivity index (χ2n) is 8.24. The third kappa shape index (κ3) is 4.53. The normalized spacial score (nSPS) is 19.0. The number of rotatable bonds is 3. The first-order valence-corrected chi connectivity index (χ1v) is 11.4. The van der Waals surface area contributed by atoms with E-state index >= 15 is 0 Å². The zero-order chi connectivity index (χ0) is 21.2. The van der Waals surface area contributed by atoms with Crippen LogP contribution in [0.5, 0.6) is 0 Å². The minimum Gasteiger partial charge on any atom is -0.351 e. The van der Waals surface area contributed by atoms with Crippen molar-refractivity contribution in [1.29, 1.82) is 0 Å². The number of piperazine rings is 1. The molecule has 2 aliphatic rings. The van der Waals surface area contributed by atoms with Crippen molar-refractivity contribution in [2.75, 3.05) is 37.6 Å². The van der Waals surface area contributed by atoms with Crippen LogP contribution >= 0.6 is 24.0 Å². The van der Waals surface area contributed by atoms with E-state index in [9.17, 15) is 4.79 Å². The van der Waals surface area contributed by atoms with Gasteiger partial charge in [-0.2, -0.15) is 0 Å². The Morgan fingerprint density at radius 3 is 2.34 bits per heavy atom. The highest BCUT2D eigenvalue weighted by Crippen LogP contribution is 2.32. The molecule has 0 spiro atoms. The van der Waals surface area contributed by atoms with Gasteiger partial charge in [0, 0.05) is 47.5 Å². The third-order valence-corrected chi connectivity index (χ3v) is 6.54. The molecule has 5 rings (SSSR count). The number of anilines is 1. The van der Waals surface area contributed by atoms with Gasteiger partial charge in [-0.05, 0) is 31.5 Å². The Kier molecular flexibility index (Phi) is 7.13. The highest BCUT2D eigenvalue weighted by Gasteiger charge is 2.29. The molecule has 32 heavy (non-hydrogen) atoms. The van der Waals surface area contributed by atoms with Crippen molar-refractivity contribution in [2.45, 2.75) is 25.3 Å². The van der Waals surface area contributed by atoms with Crippen molar-refractivity contribution in [3.63, 3.8) is 0 Å². The van der Waals surface area contributed by atoms with Crippen LogP contribution in [-0.2, 0) is 4.79 Å². The van der Waals surface area contributed by atoms with Crippen molar-refractivity contribution in [3.8, 4) is 11.3 Å². The fourth-order valence-corrected chi connectivity index (χ4v) is 4.69. The maximum atomic E-state index is 12.8. The predicted octanol–water partition coefficient (Wildman–Crippen LogP) is 4.16. The van der Waals surface area contributed by atoms with E-state index < -0.39 is 0 Å². The summed E-state index contributed by atoms with van der Waals surface area (Å²) in [7, 11) is 0. The van der Waals surface area contributed by atoms with Crippen LogP contribution in [0.3, 0.4) is 0 Å². The molecule has 0 aliphatic carbocycles. The number of aromatic nitrogens is 2. The Morgan fingerprint density at radius 1 is 0.938 bits per heavy atom. The number of carbonyl (C=O) groups is 1. The molecule has 6 nitrogen and oxygen atoms in total. The molecular weight excluding hydrogens is 445 g/mol. The molecule has 168 valence electrons. The lowest BCUT2D eigenvalue weighted by Crippen LogP contribution is -2.55. The first kappa shape index (κ1) is 22.8. The summed E-state index contributed by atoms with van der Waals surface area (Å²) in [5.41, 5.74) is 1.85. The SMILES string of the molecule is Cl.O=C(C1CCCCN1)N1CCN(c2nnc(-c3ccc(Cl)cc3)c3ccccc23)CC1. The Morgan fingerprint density at radius 2 is 1.66 bits per heavy atom. The number of nitrogens with zero attached hydrogens (tertiary/aromatic N) is 4. The average Bonchev–Trinajstić information content (AvgIpc) is 2.84. The van der Waals surface area contributed by atoms with Crippen LogP contribution in [0.25, 0.3) is 22.0 Å². The number of benzene rings is 2. The average molecular weight is 472 g/mol. The minimum atomic E-state index is -0.0143. The molecule has 2 aliphatic heterocycles. The molecular formula is C24H27Cl2N5O. The van der Waals surface area contributed by atoms with E-state index in [0.29, 0.717) is 18.1 Å². The number of halogens is 2. The Labute approximate surface area is 199 Å². The molecule has 2 saturated heterocycles. The van der Waals surface area contributed by atoms with Gasteiger partial charge in [-0.15, -0.1) is 22.6 Å². The van der Waals surface area contributed by atoms with E-state index in [1.54, 1.807) is 0 Å². The van der Waals surface area contributed by atoms with Gasteiger partial charge >= 0.3 is 0 Å². The molecule has 8 heteroatoms. The number of hydrogen-bond donors (Lipinski definition) is 1. The van der Waals surface area contributed by atoms with Crippen LogP contribution in [0.2, 0.25) is 5.02 Å². The lowest BCUT2D eigenvalue weighted by Gasteiger charge is -2.38. The largest absolute Gasteiger partial charge is 0.351 e. The number of fused-ring (bicyclic) bond motifs is 1. The molecule has 0 saturated carbocycles. The maximum absolute atomic E-state index is 12.8. The highest BCUT2D eigenvalue weighted by atomic mass is 35.5.